The van der Waals surface area contributed by atoms with Crippen LogP contribution in [0.5, 0.6) is 0 Å². The average Bonchev–Trinajstić information content (AvgIpc) is 2.91. The molecule has 0 spiro atoms. The summed E-state index contributed by atoms with van der Waals surface area (Å²) in [5.74, 6) is 0.468. The van der Waals surface area contributed by atoms with Crippen LogP contribution in [0.2, 0.25) is 0 Å². The molecule has 5 unspecified atom stereocenters. The summed E-state index contributed by atoms with van der Waals surface area (Å²) in [5.41, 5.74) is 0.107. The van der Waals surface area contributed by atoms with Gasteiger partial charge in [0.25, 0.3) is 0 Å². The van der Waals surface area contributed by atoms with Crippen LogP contribution in [-0.4, -0.2) is 103 Å². The lowest BCUT2D eigenvalue weighted by Crippen LogP contribution is -2.40. The van der Waals surface area contributed by atoms with E-state index in [1.54, 1.807) is 6.92 Å². The lowest BCUT2D eigenvalue weighted by Gasteiger charge is -2.44. The fourth-order valence-corrected chi connectivity index (χ4v) is 6.09. The first-order chi connectivity index (χ1) is 19.8. The maximum Gasteiger partial charge on any atom is 0.0568 e. The minimum atomic E-state index is -0.257. The van der Waals surface area contributed by atoms with Gasteiger partial charge in [0, 0.05) is 33.0 Å². The van der Waals surface area contributed by atoms with Crippen molar-refractivity contribution in [2.45, 2.75) is 161 Å². The Kier molecular flexibility index (Phi) is 28.1. The van der Waals surface area contributed by atoms with Gasteiger partial charge in [-0.05, 0) is 120 Å². The van der Waals surface area contributed by atoms with Crippen molar-refractivity contribution >= 4 is 0 Å². The van der Waals surface area contributed by atoms with E-state index in [2.05, 4.69) is 20.8 Å². The van der Waals surface area contributed by atoms with Crippen LogP contribution in [0, 0.1) is 16.7 Å². The molecule has 0 aliphatic heterocycles. The largest absolute Gasteiger partial charge is 0.396 e. The van der Waals surface area contributed by atoms with Gasteiger partial charge in [0.2, 0.25) is 0 Å². The van der Waals surface area contributed by atoms with Crippen LogP contribution in [0.25, 0.3) is 0 Å². The van der Waals surface area contributed by atoms with Crippen molar-refractivity contribution in [2.24, 2.45) is 16.7 Å². The van der Waals surface area contributed by atoms with Crippen molar-refractivity contribution < 1.29 is 46.0 Å². The van der Waals surface area contributed by atoms with E-state index in [0.29, 0.717) is 18.8 Å². The highest BCUT2D eigenvalue weighted by molar-refractivity contribution is 4.91. The zero-order valence-electron chi connectivity index (χ0n) is 27.5. The van der Waals surface area contributed by atoms with E-state index in [1.165, 1.54) is 12.8 Å². The Morgan fingerprint density at radius 2 is 1.19 bits per heavy atom. The zero-order chi connectivity index (χ0) is 32.4. The molecule has 42 heavy (non-hydrogen) atoms. The van der Waals surface area contributed by atoms with E-state index < -0.39 is 0 Å². The van der Waals surface area contributed by atoms with E-state index in [-0.39, 0.29) is 68.3 Å². The molecule has 0 aromatic rings. The SMILES string of the molecule is CC(O)CCCO.CC1(C)CC(O)CC(C)(CO)C1.OCCCC1CCCCC1O.OCCCCC(O)CCCCO. The van der Waals surface area contributed by atoms with Crippen molar-refractivity contribution in [3.8, 4) is 0 Å². The standard InChI is InChI=1S/C10H20O2.C9H20O3.C9H18O2.C5H12O2/c1-9(2)4-8(12)5-10(3,6-9)7-11;10-7-3-1-5-9(12)6-2-4-8-11;10-7-3-5-8-4-1-2-6-9(8)11;1-5(7)3-2-4-6/h8,11-12H,4-7H2,1-3H3;9-12H,1-8H2;8-11H,1-7H2;5-7H,2-4H2,1H3. The molecule has 256 valence electrons. The van der Waals surface area contributed by atoms with Gasteiger partial charge in [-0.25, -0.2) is 0 Å². The van der Waals surface area contributed by atoms with Crippen LogP contribution in [-0.2, 0) is 0 Å². The van der Waals surface area contributed by atoms with Crippen LogP contribution >= 0.6 is 0 Å². The van der Waals surface area contributed by atoms with E-state index in [0.717, 1.165) is 83.5 Å². The van der Waals surface area contributed by atoms with Crippen molar-refractivity contribution in [3.63, 3.8) is 0 Å². The van der Waals surface area contributed by atoms with Gasteiger partial charge in [0.05, 0.1) is 24.4 Å². The number of unbranched alkanes of at least 4 members (excludes halogenated alkanes) is 2. The van der Waals surface area contributed by atoms with E-state index in [9.17, 15) is 20.4 Å². The van der Waals surface area contributed by atoms with E-state index in [1.807, 2.05) is 0 Å². The molecule has 0 heterocycles. The first-order valence-electron chi connectivity index (χ1n) is 16.6. The third-order valence-electron chi connectivity index (χ3n) is 8.08. The number of rotatable bonds is 15. The average molecular weight is 611 g/mol. The molecule has 2 fully saturated rings. The maximum atomic E-state index is 9.60. The lowest BCUT2D eigenvalue weighted by atomic mass is 9.64. The van der Waals surface area contributed by atoms with Crippen LogP contribution < -0.4 is 0 Å². The molecule has 5 atom stereocenters. The van der Waals surface area contributed by atoms with Crippen LogP contribution in [0.15, 0.2) is 0 Å². The molecule has 0 aromatic carbocycles. The summed E-state index contributed by atoms with van der Waals surface area (Å²) in [6, 6.07) is 0. The quantitative estimate of drug-likeness (QED) is 0.125. The Morgan fingerprint density at radius 3 is 1.60 bits per heavy atom. The molecule has 2 rings (SSSR count). The lowest BCUT2D eigenvalue weighted by molar-refractivity contribution is -0.0349. The molecule has 0 bridgehead atoms. The molecule has 0 amide bonds. The Labute approximate surface area is 257 Å². The summed E-state index contributed by atoms with van der Waals surface area (Å²) in [7, 11) is 0. The highest BCUT2D eigenvalue weighted by Gasteiger charge is 2.40. The highest BCUT2D eigenvalue weighted by atomic mass is 16.3. The predicted octanol–water partition coefficient (Wildman–Crippen LogP) is 3.68. The Bertz CT molecular complexity index is 566. The van der Waals surface area contributed by atoms with E-state index in [4.69, 9.17) is 25.5 Å². The highest BCUT2D eigenvalue weighted by Crippen LogP contribution is 2.45. The number of hydrogen-bond acceptors (Lipinski definition) is 9. The van der Waals surface area contributed by atoms with Crippen molar-refractivity contribution in [2.75, 3.05) is 33.0 Å². The molecule has 0 aromatic heterocycles. The second-order valence-corrected chi connectivity index (χ2v) is 13.7. The van der Waals surface area contributed by atoms with Crippen molar-refractivity contribution in [1.29, 1.82) is 0 Å². The van der Waals surface area contributed by atoms with Gasteiger partial charge in [0.15, 0.2) is 0 Å². The number of aliphatic hydroxyl groups excluding tert-OH is 9. The molecule has 0 radical (unpaired) electrons. The molecule has 9 nitrogen and oxygen atoms in total. The Hall–Kier alpha value is -0.360. The fraction of sp³-hybridized carbons (Fsp3) is 1.00. The maximum absolute atomic E-state index is 9.60. The minimum Gasteiger partial charge on any atom is -0.396 e. The minimum absolute atomic E-state index is 0.0683. The Balaban J connectivity index is 0. The third-order valence-corrected chi connectivity index (χ3v) is 8.08. The second kappa shape index (κ2) is 27.0. The topological polar surface area (TPSA) is 182 Å². The zero-order valence-corrected chi connectivity index (χ0v) is 27.5. The number of aliphatic hydroxyl groups is 9. The molecular formula is C33H70O9. The van der Waals surface area contributed by atoms with Crippen molar-refractivity contribution in [1.82, 2.24) is 0 Å². The summed E-state index contributed by atoms with van der Waals surface area (Å²) < 4.78 is 0. The Morgan fingerprint density at radius 1 is 0.667 bits per heavy atom. The van der Waals surface area contributed by atoms with Crippen molar-refractivity contribution in [3.05, 3.63) is 0 Å². The monoisotopic (exact) mass is 611 g/mol. The van der Waals surface area contributed by atoms with Gasteiger partial charge in [-0.3, -0.25) is 0 Å². The van der Waals surface area contributed by atoms with Crippen LogP contribution in [0.3, 0.4) is 0 Å². The molecule has 9 heteroatoms. The summed E-state index contributed by atoms with van der Waals surface area (Å²) in [4.78, 5) is 0. The second-order valence-electron chi connectivity index (χ2n) is 13.7. The summed E-state index contributed by atoms with van der Waals surface area (Å²) >= 11 is 0. The smallest absolute Gasteiger partial charge is 0.0568 e. The van der Waals surface area contributed by atoms with Gasteiger partial charge < -0.3 is 46.0 Å². The van der Waals surface area contributed by atoms with Crippen LogP contribution in [0.4, 0.5) is 0 Å². The number of hydrogen-bond donors (Lipinski definition) is 9. The van der Waals surface area contributed by atoms with Gasteiger partial charge in [-0.2, -0.15) is 0 Å². The van der Waals surface area contributed by atoms with Gasteiger partial charge in [-0.1, -0.05) is 33.6 Å². The molecule has 2 saturated carbocycles. The van der Waals surface area contributed by atoms with Gasteiger partial charge in [-0.15, -0.1) is 0 Å². The molecule has 0 saturated heterocycles. The van der Waals surface area contributed by atoms with E-state index >= 15 is 0 Å². The summed E-state index contributed by atoms with van der Waals surface area (Å²) in [6.07, 6.45) is 14.5. The third kappa shape index (κ3) is 26.1. The fourth-order valence-electron chi connectivity index (χ4n) is 6.09. The predicted molar refractivity (Wildman–Crippen MR) is 169 cm³/mol. The van der Waals surface area contributed by atoms with Crippen LogP contribution in [0.1, 0.15) is 137 Å². The first-order valence-corrected chi connectivity index (χ1v) is 16.6. The van der Waals surface area contributed by atoms with Gasteiger partial charge in [0.1, 0.15) is 0 Å². The molecule has 2 aliphatic carbocycles. The van der Waals surface area contributed by atoms with Gasteiger partial charge >= 0.3 is 0 Å². The first kappa shape index (κ1) is 43.8. The summed E-state index contributed by atoms with van der Waals surface area (Å²) in [6.45, 7) is 9.15. The normalized spacial score (nSPS) is 25.7. The molecule has 2 aliphatic rings. The molecule has 9 N–H and O–H groups in total. The summed E-state index contributed by atoms with van der Waals surface area (Å²) in [5, 5.41) is 80.0. The molecular weight excluding hydrogens is 540 g/mol.